The molecule has 4 nitrogen and oxygen atoms in total. The summed E-state index contributed by atoms with van der Waals surface area (Å²) in [4.78, 5) is 22.5. The number of nitrogens with one attached hydrogen (secondary N) is 2. The minimum Gasteiger partial charge on any atom is -0.347 e. The quantitative estimate of drug-likeness (QED) is 0.654. The molecule has 0 heterocycles. The Labute approximate surface area is 107 Å². The molecule has 0 aliphatic carbocycles. The van der Waals surface area contributed by atoms with Crippen LogP contribution in [0.3, 0.4) is 0 Å². The number of rotatable bonds is 3. The van der Waals surface area contributed by atoms with Crippen LogP contribution in [-0.2, 0) is 9.59 Å². The van der Waals surface area contributed by atoms with Crippen LogP contribution >= 0.6 is 23.2 Å². The molecule has 0 atom stereocenters. The van der Waals surface area contributed by atoms with Crippen molar-refractivity contribution in [2.45, 2.75) is 0 Å². The predicted octanol–water partition coefficient (Wildman–Crippen LogP) is 1.77. The number of halogens is 3. The van der Waals surface area contributed by atoms with Crippen molar-refractivity contribution < 1.29 is 14.0 Å². The Bertz CT molecular complexity index is 440. The first-order chi connectivity index (χ1) is 8.04. The fourth-order valence-electron chi connectivity index (χ4n) is 1.00. The largest absolute Gasteiger partial charge is 0.347 e. The number of amides is 2. The summed E-state index contributed by atoms with van der Waals surface area (Å²) >= 11 is 10.9. The third-order valence-corrected chi connectivity index (χ3v) is 2.24. The number of anilines is 1. The Morgan fingerprint density at radius 2 is 2.00 bits per heavy atom. The third-order valence-electron chi connectivity index (χ3n) is 1.76. The standard InChI is InChI=1S/C10H9Cl2FN2O2/c11-3-4-14-9(16)10(17)15-6-1-2-8(13)7(12)5-6/h1-2,5H,3-4H2,(H,14,16)(H,15,17). The van der Waals surface area contributed by atoms with E-state index < -0.39 is 17.6 Å². The number of benzene rings is 1. The van der Waals surface area contributed by atoms with Crippen molar-refractivity contribution in [1.29, 1.82) is 0 Å². The summed E-state index contributed by atoms with van der Waals surface area (Å²) in [6.07, 6.45) is 0. The van der Waals surface area contributed by atoms with Gasteiger partial charge in [0.1, 0.15) is 5.82 Å². The molecule has 1 rings (SSSR count). The molecule has 0 radical (unpaired) electrons. The molecular formula is C10H9Cl2FN2O2. The molecule has 17 heavy (non-hydrogen) atoms. The lowest BCUT2D eigenvalue weighted by Crippen LogP contribution is -2.36. The second-order valence-electron chi connectivity index (χ2n) is 3.03. The van der Waals surface area contributed by atoms with Crippen LogP contribution in [-0.4, -0.2) is 24.2 Å². The second kappa shape index (κ2) is 6.42. The molecule has 0 aliphatic heterocycles. The van der Waals surface area contributed by atoms with E-state index in [1.54, 1.807) is 0 Å². The molecule has 0 saturated heterocycles. The van der Waals surface area contributed by atoms with Crippen LogP contribution in [0.15, 0.2) is 18.2 Å². The van der Waals surface area contributed by atoms with E-state index in [-0.39, 0.29) is 23.1 Å². The molecule has 0 aromatic heterocycles. The maximum absolute atomic E-state index is 12.8. The summed E-state index contributed by atoms with van der Waals surface area (Å²) < 4.78 is 12.8. The lowest BCUT2D eigenvalue weighted by molar-refractivity contribution is -0.136. The van der Waals surface area contributed by atoms with Gasteiger partial charge in [-0.25, -0.2) is 4.39 Å². The zero-order chi connectivity index (χ0) is 12.8. The van der Waals surface area contributed by atoms with E-state index in [1.807, 2.05) is 0 Å². The minimum absolute atomic E-state index is 0.135. The molecule has 1 aromatic carbocycles. The van der Waals surface area contributed by atoms with E-state index in [4.69, 9.17) is 23.2 Å². The molecular weight excluding hydrogens is 270 g/mol. The van der Waals surface area contributed by atoms with Gasteiger partial charge in [-0.3, -0.25) is 9.59 Å². The van der Waals surface area contributed by atoms with Gasteiger partial charge in [0, 0.05) is 18.1 Å². The Morgan fingerprint density at radius 3 is 2.59 bits per heavy atom. The van der Waals surface area contributed by atoms with Crippen LogP contribution in [0.25, 0.3) is 0 Å². The summed E-state index contributed by atoms with van der Waals surface area (Å²) in [5.41, 5.74) is 0.238. The van der Waals surface area contributed by atoms with Gasteiger partial charge in [0.15, 0.2) is 0 Å². The first kappa shape index (κ1) is 13.7. The van der Waals surface area contributed by atoms with Crippen LogP contribution in [0.1, 0.15) is 0 Å². The predicted molar refractivity (Wildman–Crippen MR) is 63.8 cm³/mol. The van der Waals surface area contributed by atoms with Gasteiger partial charge in [0.2, 0.25) is 0 Å². The molecule has 7 heteroatoms. The molecule has 0 fully saturated rings. The van der Waals surface area contributed by atoms with Gasteiger partial charge in [-0.1, -0.05) is 11.6 Å². The number of carbonyl (C=O) groups excluding carboxylic acids is 2. The first-order valence-corrected chi connectivity index (χ1v) is 5.56. The zero-order valence-electron chi connectivity index (χ0n) is 8.60. The Balaban J connectivity index is 2.61. The van der Waals surface area contributed by atoms with E-state index >= 15 is 0 Å². The van der Waals surface area contributed by atoms with Crippen LogP contribution in [0.2, 0.25) is 5.02 Å². The van der Waals surface area contributed by atoms with Crippen molar-refractivity contribution in [2.75, 3.05) is 17.7 Å². The normalized spacial score (nSPS) is 9.82. The third kappa shape index (κ3) is 4.20. The minimum atomic E-state index is -0.863. The topological polar surface area (TPSA) is 58.2 Å². The summed E-state index contributed by atoms with van der Waals surface area (Å²) in [5.74, 6) is -2.07. The van der Waals surface area contributed by atoms with Gasteiger partial charge < -0.3 is 10.6 Å². The van der Waals surface area contributed by atoms with Crippen molar-refractivity contribution in [3.05, 3.63) is 29.0 Å². The van der Waals surface area contributed by atoms with Gasteiger partial charge in [-0.2, -0.15) is 0 Å². The molecule has 0 unspecified atom stereocenters. The Morgan fingerprint density at radius 1 is 1.29 bits per heavy atom. The molecule has 92 valence electrons. The van der Waals surface area contributed by atoms with Gasteiger partial charge in [0.05, 0.1) is 5.02 Å². The van der Waals surface area contributed by atoms with Gasteiger partial charge in [-0.05, 0) is 18.2 Å². The molecule has 0 aliphatic rings. The van der Waals surface area contributed by atoms with Gasteiger partial charge in [-0.15, -0.1) is 11.6 Å². The maximum Gasteiger partial charge on any atom is 0.313 e. The number of hydrogen-bond acceptors (Lipinski definition) is 2. The highest BCUT2D eigenvalue weighted by Gasteiger charge is 2.13. The van der Waals surface area contributed by atoms with Crippen LogP contribution < -0.4 is 10.6 Å². The molecule has 2 N–H and O–H groups in total. The summed E-state index contributed by atoms with van der Waals surface area (Å²) in [7, 11) is 0. The van der Waals surface area contributed by atoms with Crippen molar-refractivity contribution in [1.82, 2.24) is 5.32 Å². The summed E-state index contributed by atoms with van der Waals surface area (Å²) in [6.45, 7) is 0.192. The van der Waals surface area contributed by atoms with Gasteiger partial charge >= 0.3 is 11.8 Å². The molecule has 0 bridgehead atoms. The summed E-state index contributed by atoms with van der Waals surface area (Å²) in [5, 5.41) is 4.43. The smallest absolute Gasteiger partial charge is 0.313 e. The second-order valence-corrected chi connectivity index (χ2v) is 3.81. The maximum atomic E-state index is 12.8. The van der Waals surface area contributed by atoms with Crippen molar-refractivity contribution in [3.63, 3.8) is 0 Å². The lowest BCUT2D eigenvalue weighted by atomic mass is 10.3. The molecule has 1 aromatic rings. The van der Waals surface area contributed by atoms with Crippen LogP contribution in [0.5, 0.6) is 0 Å². The fraction of sp³-hybridized carbons (Fsp3) is 0.200. The highest BCUT2D eigenvalue weighted by Crippen LogP contribution is 2.19. The SMILES string of the molecule is O=C(NCCCl)C(=O)Nc1ccc(F)c(Cl)c1. The monoisotopic (exact) mass is 278 g/mol. The fourth-order valence-corrected chi connectivity index (χ4v) is 1.28. The molecule has 0 saturated carbocycles. The van der Waals surface area contributed by atoms with E-state index in [0.717, 1.165) is 6.07 Å². The van der Waals surface area contributed by atoms with Crippen LogP contribution in [0, 0.1) is 5.82 Å². The van der Waals surface area contributed by atoms with Crippen LogP contribution in [0.4, 0.5) is 10.1 Å². The van der Waals surface area contributed by atoms with Crippen molar-refractivity contribution >= 4 is 40.7 Å². The summed E-state index contributed by atoms with van der Waals surface area (Å²) in [6, 6.07) is 3.60. The Kier molecular flexibility index (Phi) is 5.18. The van der Waals surface area contributed by atoms with Gasteiger partial charge in [0.25, 0.3) is 0 Å². The lowest BCUT2D eigenvalue weighted by Gasteiger charge is -2.05. The highest BCUT2D eigenvalue weighted by atomic mass is 35.5. The van der Waals surface area contributed by atoms with E-state index in [9.17, 15) is 14.0 Å². The number of alkyl halides is 1. The Hall–Kier alpha value is -1.33. The molecule has 0 spiro atoms. The first-order valence-electron chi connectivity index (χ1n) is 4.65. The zero-order valence-corrected chi connectivity index (χ0v) is 10.1. The molecule has 2 amide bonds. The number of carbonyl (C=O) groups is 2. The van der Waals surface area contributed by atoms with Crippen molar-refractivity contribution in [3.8, 4) is 0 Å². The van der Waals surface area contributed by atoms with Crippen molar-refractivity contribution in [2.24, 2.45) is 0 Å². The average molecular weight is 279 g/mol. The van der Waals surface area contributed by atoms with E-state index in [0.29, 0.717) is 0 Å². The van der Waals surface area contributed by atoms with E-state index in [2.05, 4.69) is 10.6 Å². The van der Waals surface area contributed by atoms with E-state index in [1.165, 1.54) is 12.1 Å². The number of hydrogen-bond donors (Lipinski definition) is 2. The highest BCUT2D eigenvalue weighted by molar-refractivity contribution is 6.40. The average Bonchev–Trinajstić information content (AvgIpc) is 2.30.